The molecule has 0 N–H and O–H groups in total. The standard InChI is InChI=1S/C6H9O3.W/c1-2-9-6(8)4-3-5-7;/h2-4H2,1H3;/q-1;+2. The number of rotatable bonds is 4. The topological polar surface area (TPSA) is 43.4 Å². The van der Waals surface area contributed by atoms with Gasteiger partial charge in [-0.05, 0) is 6.92 Å². The molecule has 56 valence electrons. The molecule has 0 spiro atoms. The molecule has 0 atom stereocenters. The Kier molecular flexibility index (Phi) is 11.0. The Morgan fingerprint density at radius 1 is 1.60 bits per heavy atom. The first kappa shape index (κ1) is 12.5. The summed E-state index contributed by atoms with van der Waals surface area (Å²) in [6.07, 6.45) is 1.89. The van der Waals surface area contributed by atoms with Gasteiger partial charge in [-0.2, -0.15) is 0 Å². The van der Waals surface area contributed by atoms with E-state index in [-0.39, 0.29) is 39.9 Å². The van der Waals surface area contributed by atoms with E-state index in [1.165, 1.54) is 0 Å². The van der Waals surface area contributed by atoms with Crippen LogP contribution in [0.15, 0.2) is 0 Å². The van der Waals surface area contributed by atoms with E-state index >= 15 is 0 Å². The second-order valence-electron chi connectivity index (χ2n) is 1.45. The molecule has 0 amide bonds. The molecule has 0 heterocycles. The molecule has 0 aliphatic carbocycles. The predicted molar refractivity (Wildman–Crippen MR) is 31.6 cm³/mol. The van der Waals surface area contributed by atoms with Gasteiger partial charge in [-0.15, -0.1) is 6.42 Å². The number of esters is 1. The van der Waals surface area contributed by atoms with E-state index in [9.17, 15) is 9.59 Å². The van der Waals surface area contributed by atoms with Crippen molar-refractivity contribution in [1.29, 1.82) is 0 Å². The van der Waals surface area contributed by atoms with Gasteiger partial charge >= 0.3 is 27.0 Å². The Balaban J connectivity index is 0. The number of hydrogen-bond donors (Lipinski definition) is 0. The summed E-state index contributed by atoms with van der Waals surface area (Å²) in [4.78, 5) is 20.0. The van der Waals surface area contributed by atoms with Gasteiger partial charge in [0.25, 0.3) is 0 Å². The summed E-state index contributed by atoms with van der Waals surface area (Å²) in [5, 5.41) is 0. The number of hydrogen-bond acceptors (Lipinski definition) is 3. The monoisotopic (exact) mass is 313 g/mol. The zero-order chi connectivity index (χ0) is 7.11. The Morgan fingerprint density at radius 3 is 2.60 bits per heavy atom. The summed E-state index contributed by atoms with van der Waals surface area (Å²) in [6.45, 7) is 2.10. The summed E-state index contributed by atoms with van der Waals surface area (Å²) < 4.78 is 4.53. The van der Waals surface area contributed by atoms with Crippen LogP contribution < -0.4 is 0 Å². The van der Waals surface area contributed by atoms with Crippen LogP contribution >= 0.6 is 0 Å². The van der Waals surface area contributed by atoms with Crippen LogP contribution in [0.1, 0.15) is 19.8 Å². The number of carbonyl (C=O) groups excluding carboxylic acids is 2. The van der Waals surface area contributed by atoms with Crippen LogP contribution in [0.25, 0.3) is 0 Å². The third kappa shape index (κ3) is 7.83. The van der Waals surface area contributed by atoms with E-state index in [0.29, 0.717) is 6.61 Å². The van der Waals surface area contributed by atoms with E-state index in [2.05, 4.69) is 4.74 Å². The minimum atomic E-state index is -0.333. The zero-order valence-corrected chi connectivity index (χ0v) is 8.69. The normalized spacial score (nSPS) is 7.70. The molecule has 0 aliphatic heterocycles. The minimum Gasteiger partial charge on any atom is -0.542 e. The Labute approximate surface area is 74.4 Å². The molecule has 0 unspecified atom stereocenters. The Hall–Kier alpha value is -0.172. The molecule has 0 aromatic rings. The van der Waals surface area contributed by atoms with Crippen LogP contribution in [0, 0.1) is 0 Å². The summed E-state index contributed by atoms with van der Waals surface area (Å²) >= 11 is 0. The molecule has 0 bridgehead atoms. The van der Waals surface area contributed by atoms with Gasteiger partial charge in [0.2, 0.25) is 0 Å². The molecule has 0 aromatic carbocycles. The van der Waals surface area contributed by atoms with Gasteiger partial charge in [-0.25, -0.2) is 0 Å². The summed E-state index contributed by atoms with van der Waals surface area (Å²) in [7, 11) is 0. The molecule has 0 saturated heterocycles. The van der Waals surface area contributed by atoms with E-state index in [4.69, 9.17) is 0 Å². The third-order valence-electron chi connectivity index (χ3n) is 0.737. The fraction of sp³-hybridized carbons (Fsp3) is 0.667. The van der Waals surface area contributed by atoms with Crippen molar-refractivity contribution in [3.8, 4) is 0 Å². The number of ether oxygens (including phenoxy) is 1. The molecule has 4 heteroatoms. The van der Waals surface area contributed by atoms with Crippen molar-refractivity contribution in [3.63, 3.8) is 0 Å². The Morgan fingerprint density at radius 2 is 2.20 bits per heavy atom. The summed E-state index contributed by atoms with van der Waals surface area (Å²) in [6, 6.07) is 0. The summed E-state index contributed by atoms with van der Waals surface area (Å²) in [5.41, 5.74) is 0. The van der Waals surface area contributed by atoms with Crippen LogP contribution in [-0.4, -0.2) is 18.9 Å². The molecular weight excluding hydrogens is 304 g/mol. The van der Waals surface area contributed by atoms with Crippen LogP contribution in [-0.2, 0) is 35.4 Å². The zero-order valence-electron chi connectivity index (χ0n) is 5.75. The molecule has 0 rings (SSSR count). The average Bonchev–Trinajstić information content (AvgIpc) is 1.85. The van der Waals surface area contributed by atoms with E-state index in [0.717, 1.165) is 0 Å². The second-order valence-corrected chi connectivity index (χ2v) is 1.45. The SMILES string of the molecule is CCOC(=O)CC[C-]=O.[W+2]. The van der Waals surface area contributed by atoms with Crippen molar-refractivity contribution in [3.05, 3.63) is 0 Å². The molecule has 10 heavy (non-hydrogen) atoms. The van der Waals surface area contributed by atoms with Gasteiger partial charge in [0.1, 0.15) is 0 Å². The number of carbonyl (C=O) groups is 1. The first-order chi connectivity index (χ1) is 4.31. The maximum Gasteiger partial charge on any atom is 2.00 e. The molecular formula is C6H9O3W+. The quantitative estimate of drug-likeness (QED) is 0.559. The van der Waals surface area contributed by atoms with Crippen LogP contribution in [0.3, 0.4) is 0 Å². The molecule has 0 aromatic heterocycles. The van der Waals surface area contributed by atoms with Gasteiger partial charge < -0.3 is 9.53 Å². The third-order valence-corrected chi connectivity index (χ3v) is 0.737. The van der Waals surface area contributed by atoms with Crippen molar-refractivity contribution in [2.75, 3.05) is 6.61 Å². The smallest absolute Gasteiger partial charge is 0.542 e. The van der Waals surface area contributed by atoms with Crippen molar-refractivity contribution < 1.29 is 35.4 Å². The van der Waals surface area contributed by atoms with Crippen LogP contribution in [0.5, 0.6) is 0 Å². The fourth-order valence-electron chi connectivity index (χ4n) is 0.386. The van der Waals surface area contributed by atoms with E-state index < -0.39 is 0 Å². The Bertz CT molecular complexity index is 103. The van der Waals surface area contributed by atoms with E-state index in [1.54, 1.807) is 13.2 Å². The van der Waals surface area contributed by atoms with Crippen LogP contribution in [0.2, 0.25) is 0 Å². The molecule has 3 nitrogen and oxygen atoms in total. The van der Waals surface area contributed by atoms with E-state index in [1.807, 2.05) is 0 Å². The van der Waals surface area contributed by atoms with Crippen molar-refractivity contribution >= 4 is 12.3 Å². The van der Waals surface area contributed by atoms with Crippen LogP contribution in [0.4, 0.5) is 0 Å². The first-order valence-electron chi connectivity index (χ1n) is 2.82. The molecule has 0 aliphatic rings. The van der Waals surface area contributed by atoms with Crippen molar-refractivity contribution in [2.24, 2.45) is 0 Å². The fourth-order valence-corrected chi connectivity index (χ4v) is 0.386. The summed E-state index contributed by atoms with van der Waals surface area (Å²) in [5.74, 6) is -0.333. The largest absolute Gasteiger partial charge is 2.00 e. The molecule has 0 radical (unpaired) electrons. The van der Waals surface area contributed by atoms with Crippen molar-refractivity contribution in [1.82, 2.24) is 0 Å². The first-order valence-corrected chi connectivity index (χ1v) is 2.82. The van der Waals surface area contributed by atoms with Gasteiger partial charge in [-0.1, -0.05) is 0 Å². The average molecular weight is 313 g/mol. The maximum atomic E-state index is 10.4. The minimum absolute atomic E-state index is 0. The van der Waals surface area contributed by atoms with Gasteiger partial charge in [-0.3, -0.25) is 11.1 Å². The van der Waals surface area contributed by atoms with Gasteiger partial charge in [0, 0.05) is 6.42 Å². The molecule has 0 fully saturated rings. The predicted octanol–water partition coefficient (Wildman–Crippen LogP) is 0.437. The van der Waals surface area contributed by atoms with Gasteiger partial charge in [0.15, 0.2) is 0 Å². The maximum absolute atomic E-state index is 10.4. The van der Waals surface area contributed by atoms with Gasteiger partial charge in [0.05, 0.1) is 6.61 Å². The molecule has 0 saturated carbocycles. The van der Waals surface area contributed by atoms with Crippen molar-refractivity contribution in [2.45, 2.75) is 19.8 Å². The second kappa shape index (κ2) is 8.83.